The van der Waals surface area contributed by atoms with E-state index in [-0.39, 0.29) is 0 Å². The van der Waals surface area contributed by atoms with Gasteiger partial charge in [0.15, 0.2) is 0 Å². The summed E-state index contributed by atoms with van der Waals surface area (Å²) in [6, 6.07) is 13.3. The molecule has 0 amide bonds. The zero-order valence-electron chi connectivity index (χ0n) is 38.5. The Bertz CT molecular complexity index is 3330. The predicted octanol–water partition coefficient (Wildman–Crippen LogP) is 19.1. The van der Waals surface area contributed by atoms with Gasteiger partial charge in [-0.1, -0.05) is 121 Å². The average Bonchev–Trinajstić information content (AvgIpc) is 4.13. The van der Waals surface area contributed by atoms with Crippen LogP contribution in [-0.4, -0.2) is 44.6 Å². The van der Waals surface area contributed by atoms with Crippen molar-refractivity contribution >= 4 is 44.4 Å². The number of fused-ring (bicyclic) bond motifs is 8. The fourth-order valence-electron chi connectivity index (χ4n) is 9.65. The quantitative estimate of drug-likeness (QED) is 0.173. The van der Waals surface area contributed by atoms with Gasteiger partial charge < -0.3 is 9.97 Å². The van der Waals surface area contributed by atoms with E-state index in [1.807, 2.05) is 0 Å². The van der Waals surface area contributed by atoms with Gasteiger partial charge in [-0.2, -0.15) is 105 Å². The van der Waals surface area contributed by atoms with Crippen LogP contribution in [0.25, 0.3) is 88.9 Å². The number of alkyl halides is 24. The lowest BCUT2D eigenvalue weighted by Crippen LogP contribution is -2.19. The van der Waals surface area contributed by atoms with Crippen LogP contribution in [0.2, 0.25) is 0 Å². The average molecular weight is 1160 g/mol. The van der Waals surface area contributed by atoms with Crippen LogP contribution >= 0.6 is 0 Å². The first kappa shape index (κ1) is 56.5. The van der Waals surface area contributed by atoms with E-state index in [0.29, 0.717) is 48.5 Å². The van der Waals surface area contributed by atoms with Crippen LogP contribution in [0.3, 0.4) is 0 Å². The fraction of sp³-hybridized carbons (Fsp3) is 0.154. The first-order chi connectivity index (χ1) is 36.8. The van der Waals surface area contributed by atoms with Crippen molar-refractivity contribution in [3.63, 3.8) is 0 Å². The molecule has 0 fully saturated rings. The van der Waals surface area contributed by atoms with Crippen molar-refractivity contribution in [1.29, 1.82) is 0 Å². The number of hydrogen-bond donors (Lipinski definition) is 2. The van der Waals surface area contributed by atoms with E-state index >= 15 is 105 Å². The molecule has 4 nitrogen and oxygen atoms in total. The molecule has 0 aliphatic carbocycles. The number of H-pyrrole nitrogens is 2. The lowest BCUT2D eigenvalue weighted by atomic mass is 9.91. The zero-order chi connectivity index (χ0) is 58.8. The van der Waals surface area contributed by atoms with Crippen LogP contribution < -0.4 is 0 Å². The third kappa shape index (κ3) is 9.78. The van der Waals surface area contributed by atoms with Crippen LogP contribution in [0.15, 0.2) is 121 Å². The molecule has 0 spiro atoms. The molecule has 0 saturated carbocycles. The Morgan fingerprint density at radius 1 is 0.225 bits per heavy atom. The first-order valence-electron chi connectivity index (χ1n) is 22.1. The van der Waals surface area contributed by atoms with Crippen molar-refractivity contribution in [2.24, 2.45) is 0 Å². The molecule has 0 saturated heterocycles. The Labute approximate surface area is 429 Å². The molecule has 2 aliphatic heterocycles. The second-order valence-corrected chi connectivity index (χ2v) is 17.3. The Kier molecular flexibility index (Phi) is 13.2. The Morgan fingerprint density at radius 2 is 0.388 bits per heavy atom. The maximum absolute atomic E-state index is 16.0. The number of benzene rings is 4. The third-order valence-corrected chi connectivity index (χ3v) is 12.4. The van der Waals surface area contributed by atoms with Crippen molar-refractivity contribution in [1.82, 2.24) is 19.9 Å². The lowest BCUT2D eigenvalue weighted by molar-refractivity contribution is -0.159. The summed E-state index contributed by atoms with van der Waals surface area (Å²) in [4.78, 5) is 9.64. The first-order valence-corrected chi connectivity index (χ1v) is 22.1. The molecule has 0 radical (unpaired) electrons. The van der Waals surface area contributed by atoms with Crippen molar-refractivity contribution in [2.45, 2.75) is 49.4 Å². The summed E-state index contributed by atoms with van der Waals surface area (Å²) in [7, 11) is 0. The van der Waals surface area contributed by atoms with E-state index in [4.69, 9.17) is 0 Å². The highest BCUT2D eigenvalue weighted by molar-refractivity contribution is 6.11. The van der Waals surface area contributed by atoms with Crippen molar-refractivity contribution in [2.75, 3.05) is 0 Å². The normalized spacial score (nSPS) is 14.4. The summed E-state index contributed by atoms with van der Waals surface area (Å²) in [6.07, 6.45) is -53.6. The van der Waals surface area contributed by atoms with Crippen LogP contribution in [0.5, 0.6) is 0 Å². The number of rotatable bonds is 4. The smallest absolute Gasteiger partial charge is 0.353 e. The summed E-state index contributed by atoms with van der Waals surface area (Å²) < 4.78 is 383. The maximum Gasteiger partial charge on any atom is 0.419 e. The van der Waals surface area contributed by atoms with Gasteiger partial charge in [-0.3, -0.25) is 0 Å². The van der Waals surface area contributed by atoms with Crippen LogP contribution in [-0.2, 0) is 24.7 Å². The number of nitrogens with zero attached hydrogens (tertiary/aromatic N) is 2. The number of hydrogen-bond acceptors (Lipinski definition) is 2. The molecular formula is C52H22F24N4. The minimum Gasteiger partial charge on any atom is -0.353 e. The third-order valence-electron chi connectivity index (χ3n) is 12.4. The van der Waals surface area contributed by atoms with Gasteiger partial charge in [-0.05, 0) is 22.3 Å². The van der Waals surface area contributed by atoms with E-state index in [1.54, 1.807) is 0 Å². The molecule has 7 aromatic rings. The second-order valence-electron chi connectivity index (χ2n) is 17.3. The molecule has 3 aromatic heterocycles. The molecule has 0 atom stereocenters. The largest absolute Gasteiger partial charge is 0.419 e. The summed E-state index contributed by atoms with van der Waals surface area (Å²) in [5.41, 5.74) is -59.7. The van der Waals surface area contributed by atoms with Crippen molar-refractivity contribution in [3.05, 3.63) is 166 Å². The molecule has 8 bridgehead atoms. The van der Waals surface area contributed by atoms with Gasteiger partial charge in [-0.25, -0.2) is 9.97 Å². The summed E-state index contributed by atoms with van der Waals surface area (Å²) >= 11 is 0. The van der Waals surface area contributed by atoms with Gasteiger partial charge >= 0.3 is 49.4 Å². The minimum atomic E-state index is -6.71. The van der Waals surface area contributed by atoms with E-state index < -0.39 is 183 Å². The number of aromatic amines is 2. The van der Waals surface area contributed by atoms with Crippen LogP contribution in [0, 0.1) is 0 Å². The molecule has 5 heterocycles. The molecule has 9 rings (SSSR count). The topological polar surface area (TPSA) is 57.4 Å². The summed E-state index contributed by atoms with van der Waals surface area (Å²) in [6.45, 7) is 0. The minimum absolute atomic E-state index is 0.463. The highest BCUT2D eigenvalue weighted by Crippen LogP contribution is 2.60. The molecule has 418 valence electrons. The highest BCUT2D eigenvalue weighted by atomic mass is 19.4. The summed E-state index contributed by atoms with van der Waals surface area (Å²) in [5, 5.41) is 0. The molecule has 4 aromatic carbocycles. The lowest BCUT2D eigenvalue weighted by Gasteiger charge is -2.18. The van der Waals surface area contributed by atoms with Crippen molar-refractivity contribution < 1.29 is 105 Å². The Morgan fingerprint density at radius 3 is 0.525 bits per heavy atom. The van der Waals surface area contributed by atoms with Gasteiger partial charge in [0.05, 0.1) is 89.4 Å². The van der Waals surface area contributed by atoms with E-state index in [0.717, 1.165) is 72.8 Å². The van der Waals surface area contributed by atoms with E-state index in [9.17, 15) is 0 Å². The number of nitrogens with one attached hydrogen (secondary N) is 2. The maximum atomic E-state index is 16.0. The molecule has 80 heavy (non-hydrogen) atoms. The van der Waals surface area contributed by atoms with Gasteiger partial charge in [0.25, 0.3) is 0 Å². The molecular weight excluding hydrogens is 1140 g/mol. The SMILES string of the molecule is FC(F)(F)C1=C(C(F)(F)F)c2nc1c(-c1ccccc1)c1[nH]c(c(-c3ccccc3)c3nc(c(-c4ccccc4)c4[nH]c(c2-c2ccccc2)c(C(F)(F)F)c4C(F)(F)F)C(C(F)(F)F)=C3C(F)(F)F)c(C(F)(F)F)c1C(F)(F)F. The predicted molar refractivity (Wildman–Crippen MR) is 241 cm³/mol. The molecule has 2 aliphatic rings. The van der Waals surface area contributed by atoms with Crippen LogP contribution in [0.4, 0.5) is 105 Å². The zero-order valence-corrected chi connectivity index (χ0v) is 38.5. The molecule has 28 heteroatoms. The number of allylic oxidation sites excluding steroid dienone is 4. The highest BCUT2D eigenvalue weighted by Gasteiger charge is 2.57. The van der Waals surface area contributed by atoms with Crippen molar-refractivity contribution in [3.8, 4) is 44.5 Å². The standard InChI is InChI=1S/C52H22F24N4/c53-45(54,55)29-31(47(59,60)61)39-26(22-15-7-2-8-16-22)41-33(49(65,66)67)35(51(71,72)73)43(79-41)28(24-19-11-4-12-20-24)44-36(52(74,75)76)34(50(68,69)70)42(80-44)27(23-17-9-3-10-18-23)40-32(48(62,63)64)30(46(56,57)58)38(78-40)25(37(29)77-39)21-13-5-1-6-14-21/h1-20,77,80H. The van der Waals surface area contributed by atoms with E-state index in [2.05, 4.69) is 9.97 Å². The Balaban J connectivity index is 1.88. The van der Waals surface area contributed by atoms with Gasteiger partial charge in [0, 0.05) is 22.3 Å². The number of aromatic nitrogens is 4. The van der Waals surface area contributed by atoms with Crippen LogP contribution in [0.1, 0.15) is 45.0 Å². The molecule has 0 unspecified atom stereocenters. The second kappa shape index (κ2) is 18.7. The summed E-state index contributed by atoms with van der Waals surface area (Å²) in [5.74, 6) is 0. The Hall–Kier alpha value is -8.20. The van der Waals surface area contributed by atoms with Gasteiger partial charge in [0.1, 0.15) is 0 Å². The number of halogens is 24. The van der Waals surface area contributed by atoms with Gasteiger partial charge in [0.2, 0.25) is 0 Å². The monoisotopic (exact) mass is 1160 g/mol. The van der Waals surface area contributed by atoms with Gasteiger partial charge in [-0.15, -0.1) is 0 Å². The fourth-order valence-corrected chi connectivity index (χ4v) is 9.65. The molecule has 2 N–H and O–H groups in total. The van der Waals surface area contributed by atoms with E-state index in [1.165, 1.54) is 9.97 Å².